The normalized spacial score (nSPS) is 24.6. The quantitative estimate of drug-likeness (QED) is 0.737. The molecule has 0 bridgehead atoms. The molecule has 0 spiro atoms. The number of rotatable bonds is 0. The molecule has 0 aromatic heterocycles. The van der Waals surface area contributed by atoms with Gasteiger partial charge in [-0.3, -0.25) is 4.90 Å². The van der Waals surface area contributed by atoms with Crippen LogP contribution in [0.2, 0.25) is 0 Å². The minimum Gasteiger partial charge on any atom is -0.491 e. The van der Waals surface area contributed by atoms with Gasteiger partial charge >= 0.3 is 6.09 Å². The Morgan fingerprint density at radius 1 is 1.33 bits per heavy atom. The summed E-state index contributed by atoms with van der Waals surface area (Å²) in [4.78, 5) is 14.1. The minimum atomic E-state index is -0.502. The van der Waals surface area contributed by atoms with Gasteiger partial charge in [0.1, 0.15) is 24.1 Å². The maximum Gasteiger partial charge on any atom is 0.410 e. The number of nitrogens with zero attached hydrogens (tertiary/aromatic N) is 1. The molecule has 1 aromatic carbocycles. The van der Waals surface area contributed by atoms with Crippen LogP contribution in [0.1, 0.15) is 32.4 Å². The maximum atomic E-state index is 12.4. The average Bonchev–Trinajstić information content (AvgIpc) is 2.44. The molecule has 2 aliphatic heterocycles. The third-order valence-corrected chi connectivity index (χ3v) is 3.64. The number of carbonyl (C=O) groups excluding carboxylic acids is 1. The van der Waals surface area contributed by atoms with E-state index in [0.717, 1.165) is 11.3 Å². The molecule has 5 nitrogen and oxygen atoms in total. The zero-order valence-corrected chi connectivity index (χ0v) is 12.7. The van der Waals surface area contributed by atoms with Gasteiger partial charge in [0.05, 0.1) is 12.6 Å². The first-order valence-corrected chi connectivity index (χ1v) is 7.29. The Morgan fingerprint density at radius 3 is 2.86 bits per heavy atom. The van der Waals surface area contributed by atoms with Crippen molar-refractivity contribution in [1.29, 1.82) is 0 Å². The van der Waals surface area contributed by atoms with Crippen LogP contribution < -0.4 is 4.74 Å². The fourth-order valence-corrected chi connectivity index (χ4v) is 2.76. The topological polar surface area (TPSA) is 48.0 Å². The van der Waals surface area contributed by atoms with E-state index < -0.39 is 5.60 Å². The lowest BCUT2D eigenvalue weighted by Gasteiger charge is -2.44. The molecule has 1 saturated heterocycles. The lowest BCUT2D eigenvalue weighted by Crippen LogP contribution is -2.55. The Hall–Kier alpha value is -1.75. The fraction of sp³-hybridized carbons (Fsp3) is 0.562. The summed E-state index contributed by atoms with van der Waals surface area (Å²) in [6.45, 7) is 7.08. The van der Waals surface area contributed by atoms with Gasteiger partial charge in [-0.1, -0.05) is 18.2 Å². The molecule has 2 atom stereocenters. The van der Waals surface area contributed by atoms with E-state index in [1.165, 1.54) is 0 Å². The van der Waals surface area contributed by atoms with Gasteiger partial charge in [-0.05, 0) is 26.8 Å². The Labute approximate surface area is 124 Å². The number of fused-ring (bicyclic) bond motifs is 3. The molecular formula is C16H21NO4. The smallest absolute Gasteiger partial charge is 0.410 e. The second-order valence-electron chi connectivity index (χ2n) is 6.38. The predicted molar refractivity (Wildman–Crippen MR) is 77.4 cm³/mol. The minimum absolute atomic E-state index is 0.136. The maximum absolute atomic E-state index is 12.4. The van der Waals surface area contributed by atoms with E-state index in [0.29, 0.717) is 19.8 Å². The molecule has 21 heavy (non-hydrogen) atoms. The molecule has 3 rings (SSSR count). The van der Waals surface area contributed by atoms with E-state index in [-0.39, 0.29) is 18.2 Å². The van der Waals surface area contributed by atoms with E-state index >= 15 is 0 Å². The van der Waals surface area contributed by atoms with Crippen molar-refractivity contribution in [3.8, 4) is 5.75 Å². The molecule has 1 amide bonds. The second-order valence-corrected chi connectivity index (χ2v) is 6.38. The van der Waals surface area contributed by atoms with Crippen molar-refractivity contribution in [1.82, 2.24) is 4.90 Å². The Bertz CT molecular complexity index is 537. The molecule has 1 fully saturated rings. The molecule has 0 radical (unpaired) electrons. The van der Waals surface area contributed by atoms with E-state index in [1.807, 2.05) is 45.0 Å². The van der Waals surface area contributed by atoms with Gasteiger partial charge in [-0.2, -0.15) is 0 Å². The zero-order chi connectivity index (χ0) is 15.0. The summed E-state index contributed by atoms with van der Waals surface area (Å²) in [5.74, 6) is 0.838. The highest BCUT2D eigenvalue weighted by molar-refractivity contribution is 5.69. The number of carbonyl (C=O) groups is 1. The SMILES string of the molecule is CC(C)(C)OC(=O)N1CCO[C@@H]2c3ccccc3OC[C@@H]21. The van der Waals surface area contributed by atoms with Crippen LogP contribution in [0.3, 0.4) is 0 Å². The van der Waals surface area contributed by atoms with E-state index in [9.17, 15) is 4.79 Å². The number of hydrogen-bond donors (Lipinski definition) is 0. The van der Waals surface area contributed by atoms with Crippen molar-refractivity contribution in [3.63, 3.8) is 0 Å². The third-order valence-electron chi connectivity index (χ3n) is 3.64. The number of ether oxygens (including phenoxy) is 3. The summed E-state index contributed by atoms with van der Waals surface area (Å²) in [5, 5.41) is 0. The number of benzene rings is 1. The highest BCUT2D eigenvalue weighted by Crippen LogP contribution is 2.38. The summed E-state index contributed by atoms with van der Waals surface area (Å²) >= 11 is 0. The van der Waals surface area contributed by atoms with Crippen LogP contribution in [-0.4, -0.2) is 42.4 Å². The van der Waals surface area contributed by atoms with Gasteiger partial charge in [-0.15, -0.1) is 0 Å². The van der Waals surface area contributed by atoms with Gasteiger partial charge in [-0.25, -0.2) is 4.79 Å². The summed E-state index contributed by atoms with van der Waals surface area (Å²) in [6, 6.07) is 7.68. The van der Waals surface area contributed by atoms with Gasteiger partial charge in [0, 0.05) is 12.1 Å². The van der Waals surface area contributed by atoms with E-state index in [2.05, 4.69) is 0 Å². The molecule has 0 saturated carbocycles. The van der Waals surface area contributed by atoms with Crippen LogP contribution in [-0.2, 0) is 9.47 Å². The van der Waals surface area contributed by atoms with Crippen LogP contribution in [0, 0.1) is 0 Å². The summed E-state index contributed by atoms with van der Waals surface area (Å²) in [5.41, 5.74) is 0.500. The van der Waals surface area contributed by atoms with Crippen molar-refractivity contribution in [2.45, 2.75) is 38.5 Å². The molecule has 0 aliphatic carbocycles. The Morgan fingerprint density at radius 2 is 2.10 bits per heavy atom. The number of hydrogen-bond acceptors (Lipinski definition) is 4. The van der Waals surface area contributed by atoms with Crippen molar-refractivity contribution in [3.05, 3.63) is 29.8 Å². The van der Waals surface area contributed by atoms with Crippen molar-refractivity contribution >= 4 is 6.09 Å². The largest absolute Gasteiger partial charge is 0.491 e. The first-order chi connectivity index (χ1) is 9.96. The Balaban J connectivity index is 1.82. The third kappa shape index (κ3) is 2.83. The van der Waals surface area contributed by atoms with Gasteiger partial charge in [0.2, 0.25) is 0 Å². The monoisotopic (exact) mass is 291 g/mol. The molecule has 0 N–H and O–H groups in total. The highest BCUT2D eigenvalue weighted by Gasteiger charge is 2.42. The predicted octanol–water partition coefficient (Wildman–Crippen LogP) is 2.76. The molecule has 5 heteroatoms. The van der Waals surface area contributed by atoms with Crippen LogP contribution in [0.5, 0.6) is 5.75 Å². The van der Waals surface area contributed by atoms with Gasteiger partial charge in [0.15, 0.2) is 0 Å². The van der Waals surface area contributed by atoms with Gasteiger partial charge < -0.3 is 14.2 Å². The lowest BCUT2D eigenvalue weighted by molar-refractivity contribution is -0.0964. The lowest BCUT2D eigenvalue weighted by atomic mass is 9.97. The fourth-order valence-electron chi connectivity index (χ4n) is 2.76. The summed E-state index contributed by atoms with van der Waals surface area (Å²) in [6.07, 6.45) is -0.444. The Kier molecular flexibility index (Phi) is 3.53. The first-order valence-electron chi connectivity index (χ1n) is 7.29. The van der Waals surface area contributed by atoms with Crippen molar-refractivity contribution in [2.24, 2.45) is 0 Å². The standard InChI is InChI=1S/C16H21NO4/c1-16(2,3)21-15(18)17-8-9-19-14-11-6-4-5-7-13(11)20-10-12(14)17/h4-7,12,14H,8-10H2,1-3H3/t12-,14+/m0/s1. The molecule has 2 aliphatic rings. The van der Waals surface area contributed by atoms with Crippen molar-refractivity contribution in [2.75, 3.05) is 19.8 Å². The summed E-state index contributed by atoms with van der Waals surface area (Å²) < 4.78 is 17.2. The van der Waals surface area contributed by atoms with E-state index in [1.54, 1.807) is 4.90 Å². The molecule has 0 unspecified atom stereocenters. The van der Waals surface area contributed by atoms with Crippen LogP contribution in [0.15, 0.2) is 24.3 Å². The number of para-hydroxylation sites is 1. The average molecular weight is 291 g/mol. The van der Waals surface area contributed by atoms with Crippen LogP contribution in [0.25, 0.3) is 0 Å². The summed E-state index contributed by atoms with van der Waals surface area (Å²) in [7, 11) is 0. The molecule has 114 valence electrons. The first kappa shape index (κ1) is 14.2. The highest BCUT2D eigenvalue weighted by atomic mass is 16.6. The van der Waals surface area contributed by atoms with Gasteiger partial charge in [0.25, 0.3) is 0 Å². The number of amides is 1. The molecule has 2 heterocycles. The zero-order valence-electron chi connectivity index (χ0n) is 12.7. The number of morpholine rings is 1. The van der Waals surface area contributed by atoms with Crippen LogP contribution in [0.4, 0.5) is 4.79 Å². The molecular weight excluding hydrogens is 270 g/mol. The van der Waals surface area contributed by atoms with Crippen molar-refractivity contribution < 1.29 is 19.0 Å². The second kappa shape index (κ2) is 5.22. The van der Waals surface area contributed by atoms with E-state index in [4.69, 9.17) is 14.2 Å². The van der Waals surface area contributed by atoms with Crippen LogP contribution >= 0.6 is 0 Å². The molecule has 1 aromatic rings.